The second-order valence-electron chi connectivity index (χ2n) is 4.08. The van der Waals surface area contributed by atoms with Gasteiger partial charge in [0.1, 0.15) is 12.4 Å². The van der Waals surface area contributed by atoms with Crippen molar-refractivity contribution >= 4 is 5.97 Å². The van der Waals surface area contributed by atoms with Gasteiger partial charge in [-0.3, -0.25) is 4.98 Å². The second kappa shape index (κ2) is 6.05. The summed E-state index contributed by atoms with van der Waals surface area (Å²) in [6, 6.07) is 1.35. The molecule has 2 aromatic rings. The number of ether oxygens (including phenoxy) is 1. The van der Waals surface area contributed by atoms with Crippen molar-refractivity contribution in [1.82, 2.24) is 20.0 Å². The number of hydrogen-bond acceptors (Lipinski definition) is 5. The highest BCUT2D eigenvalue weighted by atomic mass is 19.1. The van der Waals surface area contributed by atoms with Gasteiger partial charge in [-0.1, -0.05) is 17.9 Å². The van der Waals surface area contributed by atoms with Crippen LogP contribution in [0, 0.1) is 12.7 Å². The number of esters is 1. The lowest BCUT2D eigenvalue weighted by molar-refractivity contribution is 0.0542. The fraction of sp³-hybridized carbons (Fsp3) is 0.231. The average Bonchev–Trinajstić information content (AvgIpc) is 2.78. The van der Waals surface area contributed by atoms with Crippen LogP contribution in [0.1, 0.15) is 21.7 Å². The van der Waals surface area contributed by atoms with E-state index in [4.69, 9.17) is 4.74 Å². The van der Waals surface area contributed by atoms with Crippen molar-refractivity contribution in [2.45, 2.75) is 13.5 Å². The average molecular weight is 276 g/mol. The smallest absolute Gasteiger partial charge is 0.361 e. The van der Waals surface area contributed by atoms with Crippen molar-refractivity contribution < 1.29 is 13.9 Å². The van der Waals surface area contributed by atoms with Crippen LogP contribution < -0.4 is 0 Å². The molecule has 2 rings (SSSR count). The molecule has 0 radical (unpaired) electrons. The summed E-state index contributed by atoms with van der Waals surface area (Å²) < 4.78 is 19.4. The maximum absolute atomic E-state index is 13.1. The second-order valence-corrected chi connectivity index (χ2v) is 4.08. The van der Waals surface area contributed by atoms with E-state index in [0.29, 0.717) is 11.3 Å². The van der Waals surface area contributed by atoms with Crippen LogP contribution >= 0.6 is 0 Å². The number of carbonyl (C=O) groups excluding carboxylic acids is 1. The molecule has 2 aromatic heterocycles. The molecule has 0 fully saturated rings. The third-order valence-corrected chi connectivity index (χ3v) is 2.60. The number of halogens is 1. The van der Waals surface area contributed by atoms with Crippen LogP contribution in [-0.2, 0) is 11.3 Å². The van der Waals surface area contributed by atoms with Crippen LogP contribution in [0.5, 0.6) is 0 Å². The van der Waals surface area contributed by atoms with Gasteiger partial charge in [0, 0.05) is 6.20 Å². The lowest BCUT2D eigenvalue weighted by Crippen LogP contribution is -2.09. The Morgan fingerprint density at radius 2 is 2.35 bits per heavy atom. The van der Waals surface area contributed by atoms with Crippen molar-refractivity contribution in [1.29, 1.82) is 0 Å². The highest BCUT2D eigenvalue weighted by Gasteiger charge is 2.17. The number of carbonyl (C=O) groups is 1. The molecule has 0 aliphatic rings. The highest BCUT2D eigenvalue weighted by molar-refractivity contribution is 5.88. The Bertz CT molecular complexity index is 639. The van der Waals surface area contributed by atoms with Crippen LogP contribution in [0.25, 0.3) is 0 Å². The van der Waals surface area contributed by atoms with E-state index in [1.54, 1.807) is 6.92 Å². The van der Waals surface area contributed by atoms with Gasteiger partial charge >= 0.3 is 5.97 Å². The van der Waals surface area contributed by atoms with Crippen molar-refractivity contribution in [3.05, 3.63) is 53.9 Å². The summed E-state index contributed by atoms with van der Waals surface area (Å²) >= 11 is 0. The van der Waals surface area contributed by atoms with Gasteiger partial charge in [0.2, 0.25) is 0 Å². The minimum atomic E-state index is -0.564. The molecule has 0 spiro atoms. The Balaban J connectivity index is 2.16. The minimum Gasteiger partial charge on any atom is -0.457 e. The zero-order chi connectivity index (χ0) is 14.5. The van der Waals surface area contributed by atoms with Crippen molar-refractivity contribution in [3.8, 4) is 0 Å². The number of nitrogens with zero attached hydrogens (tertiary/aromatic N) is 4. The van der Waals surface area contributed by atoms with E-state index in [1.165, 1.54) is 23.0 Å². The third-order valence-electron chi connectivity index (χ3n) is 2.60. The lowest BCUT2D eigenvalue weighted by Gasteiger charge is -2.04. The normalized spacial score (nSPS) is 10.3. The van der Waals surface area contributed by atoms with Gasteiger partial charge in [0.15, 0.2) is 5.69 Å². The first-order valence-corrected chi connectivity index (χ1v) is 5.89. The number of rotatable bonds is 5. The monoisotopic (exact) mass is 276 g/mol. The maximum atomic E-state index is 13.1. The van der Waals surface area contributed by atoms with Gasteiger partial charge in [-0.2, -0.15) is 0 Å². The Morgan fingerprint density at radius 1 is 1.55 bits per heavy atom. The quantitative estimate of drug-likeness (QED) is 0.611. The predicted octanol–water partition coefficient (Wildman–Crippen LogP) is 1.51. The van der Waals surface area contributed by atoms with Gasteiger partial charge in [-0.25, -0.2) is 13.9 Å². The summed E-state index contributed by atoms with van der Waals surface area (Å²) in [6.07, 6.45) is 4.12. The van der Waals surface area contributed by atoms with Gasteiger partial charge in [-0.15, -0.1) is 5.10 Å². The molecule has 0 amide bonds. The zero-order valence-corrected chi connectivity index (χ0v) is 10.9. The van der Waals surface area contributed by atoms with E-state index in [2.05, 4.69) is 21.9 Å². The number of pyridine rings is 1. The molecule has 2 heterocycles. The van der Waals surface area contributed by atoms with E-state index in [0.717, 1.165) is 6.20 Å². The van der Waals surface area contributed by atoms with Gasteiger partial charge in [-0.05, 0) is 18.6 Å². The van der Waals surface area contributed by atoms with Crippen LogP contribution in [0.2, 0.25) is 0 Å². The van der Waals surface area contributed by atoms with E-state index in [9.17, 15) is 9.18 Å². The van der Waals surface area contributed by atoms with Crippen molar-refractivity contribution in [3.63, 3.8) is 0 Å². The summed E-state index contributed by atoms with van der Waals surface area (Å²) in [7, 11) is 0. The van der Waals surface area contributed by atoms with Crippen LogP contribution in [0.15, 0.2) is 31.1 Å². The van der Waals surface area contributed by atoms with Crippen LogP contribution in [0.4, 0.5) is 4.39 Å². The minimum absolute atomic E-state index is 0.110. The molecule has 0 saturated heterocycles. The van der Waals surface area contributed by atoms with E-state index in [1.807, 2.05) is 0 Å². The molecule has 0 atom stereocenters. The SMILES string of the molecule is C=CCOC(=O)c1nnn(Cc2cncc(F)c2)c1C. The van der Waals surface area contributed by atoms with Gasteiger partial charge in [0.05, 0.1) is 18.4 Å². The Labute approximate surface area is 114 Å². The molecule has 0 aliphatic carbocycles. The molecule has 0 bridgehead atoms. The Kier molecular flexibility index (Phi) is 4.19. The first-order valence-electron chi connectivity index (χ1n) is 5.89. The predicted molar refractivity (Wildman–Crippen MR) is 68.5 cm³/mol. The van der Waals surface area contributed by atoms with Gasteiger partial charge in [0.25, 0.3) is 0 Å². The molecule has 0 aromatic carbocycles. The van der Waals surface area contributed by atoms with E-state index >= 15 is 0 Å². The lowest BCUT2D eigenvalue weighted by atomic mass is 10.2. The maximum Gasteiger partial charge on any atom is 0.361 e. The van der Waals surface area contributed by atoms with E-state index in [-0.39, 0.29) is 18.8 Å². The summed E-state index contributed by atoms with van der Waals surface area (Å²) in [4.78, 5) is 15.4. The fourth-order valence-corrected chi connectivity index (χ4v) is 1.62. The first kappa shape index (κ1) is 13.9. The summed E-state index contributed by atoms with van der Waals surface area (Å²) in [5.74, 6) is -0.989. The third kappa shape index (κ3) is 3.05. The van der Waals surface area contributed by atoms with Crippen LogP contribution in [-0.4, -0.2) is 32.6 Å². The van der Waals surface area contributed by atoms with Crippen molar-refractivity contribution in [2.75, 3.05) is 6.61 Å². The highest BCUT2D eigenvalue weighted by Crippen LogP contribution is 2.09. The molecule has 104 valence electrons. The fourth-order valence-electron chi connectivity index (χ4n) is 1.62. The number of aromatic nitrogens is 4. The molecular formula is C13H13FN4O2. The standard InChI is InChI=1S/C13H13FN4O2/c1-3-4-20-13(19)12-9(2)18(17-16-12)8-10-5-11(14)7-15-6-10/h3,5-7H,1,4,8H2,2H3. The Hall–Kier alpha value is -2.57. The molecule has 20 heavy (non-hydrogen) atoms. The topological polar surface area (TPSA) is 69.9 Å². The molecule has 0 unspecified atom stereocenters. The van der Waals surface area contributed by atoms with E-state index < -0.39 is 11.8 Å². The van der Waals surface area contributed by atoms with Crippen molar-refractivity contribution in [2.24, 2.45) is 0 Å². The molecule has 7 heteroatoms. The molecular weight excluding hydrogens is 263 g/mol. The number of hydrogen-bond donors (Lipinski definition) is 0. The molecule has 0 N–H and O–H groups in total. The van der Waals surface area contributed by atoms with Gasteiger partial charge < -0.3 is 4.74 Å². The molecule has 0 aliphatic heterocycles. The zero-order valence-electron chi connectivity index (χ0n) is 10.9. The molecule has 0 saturated carbocycles. The largest absolute Gasteiger partial charge is 0.457 e. The Morgan fingerprint density at radius 3 is 3.05 bits per heavy atom. The van der Waals surface area contributed by atoms with Crippen LogP contribution in [0.3, 0.4) is 0 Å². The molecule has 6 nitrogen and oxygen atoms in total. The summed E-state index contributed by atoms with van der Waals surface area (Å²) in [5.41, 5.74) is 1.31. The first-order chi connectivity index (χ1) is 9.61. The summed E-state index contributed by atoms with van der Waals surface area (Å²) in [5, 5.41) is 7.64. The summed E-state index contributed by atoms with van der Waals surface area (Å²) in [6.45, 7) is 5.53.